The summed E-state index contributed by atoms with van der Waals surface area (Å²) in [6.07, 6.45) is 2.39. The minimum Gasteiger partial charge on any atom is -0.431 e. The maximum Gasteiger partial charge on any atom is 0.342 e. The minimum atomic E-state index is -0.627. The molecule has 21 heavy (non-hydrogen) atoms. The van der Waals surface area contributed by atoms with Gasteiger partial charge in [-0.25, -0.2) is 4.79 Å². The Morgan fingerprint density at radius 2 is 1.62 bits per heavy atom. The lowest BCUT2D eigenvalue weighted by Crippen LogP contribution is -2.07. The maximum absolute atomic E-state index is 11.7. The lowest BCUT2D eigenvalue weighted by Gasteiger charge is -2.15. The molecular weight excluding hydrogens is 264 g/mol. The van der Waals surface area contributed by atoms with Gasteiger partial charge < -0.3 is 9.84 Å². The van der Waals surface area contributed by atoms with Crippen molar-refractivity contribution in [1.29, 1.82) is 0 Å². The van der Waals surface area contributed by atoms with Gasteiger partial charge in [0.25, 0.3) is 0 Å². The van der Waals surface area contributed by atoms with Crippen LogP contribution in [0.25, 0.3) is 0 Å². The van der Waals surface area contributed by atoms with Gasteiger partial charge in [-0.2, -0.15) is 0 Å². The van der Waals surface area contributed by atoms with E-state index in [9.17, 15) is 9.90 Å². The van der Waals surface area contributed by atoms with Crippen LogP contribution in [0, 0.1) is 5.92 Å². The summed E-state index contributed by atoms with van der Waals surface area (Å²) in [4.78, 5) is 11.7. The third-order valence-electron chi connectivity index (χ3n) is 3.21. The molecule has 0 aromatic heterocycles. The Morgan fingerprint density at radius 3 is 2.24 bits per heavy atom. The van der Waals surface area contributed by atoms with Gasteiger partial charge >= 0.3 is 5.97 Å². The summed E-state index contributed by atoms with van der Waals surface area (Å²) >= 11 is 0. The fraction of sp³-hybridized carbons (Fsp3) is 0.167. The van der Waals surface area contributed by atoms with Crippen molar-refractivity contribution < 1.29 is 14.6 Å². The van der Waals surface area contributed by atoms with E-state index in [0.717, 1.165) is 5.56 Å². The lowest BCUT2D eigenvalue weighted by molar-refractivity contribution is 0.0657. The molecule has 0 aliphatic carbocycles. The molecule has 1 N–H and O–H groups in total. The first-order valence-electron chi connectivity index (χ1n) is 6.84. The predicted molar refractivity (Wildman–Crippen MR) is 81.6 cm³/mol. The molecule has 2 aromatic rings. The third kappa shape index (κ3) is 4.29. The molecule has 0 aliphatic rings. The molecule has 0 fully saturated rings. The van der Waals surface area contributed by atoms with Crippen LogP contribution < -0.4 is 0 Å². The Bertz CT molecular complexity index is 590. The molecule has 0 amide bonds. The first kappa shape index (κ1) is 15.0. The molecular formula is C18H18O3. The highest BCUT2D eigenvalue weighted by atomic mass is 16.5. The van der Waals surface area contributed by atoms with E-state index < -0.39 is 12.1 Å². The molecule has 0 saturated heterocycles. The van der Waals surface area contributed by atoms with Gasteiger partial charge in [0, 0.05) is 5.92 Å². The van der Waals surface area contributed by atoms with E-state index in [1.165, 1.54) is 6.26 Å². The van der Waals surface area contributed by atoms with Crippen molar-refractivity contribution in [3.8, 4) is 0 Å². The van der Waals surface area contributed by atoms with Crippen LogP contribution in [0.3, 0.4) is 0 Å². The normalized spacial score (nSPS) is 13.8. The van der Waals surface area contributed by atoms with Gasteiger partial charge in [-0.1, -0.05) is 55.5 Å². The Hall–Kier alpha value is -2.39. The second kappa shape index (κ2) is 7.41. The van der Waals surface area contributed by atoms with Crippen molar-refractivity contribution in [2.75, 3.05) is 0 Å². The number of hydrogen-bond acceptors (Lipinski definition) is 3. The van der Waals surface area contributed by atoms with Gasteiger partial charge in [0.1, 0.15) is 0 Å². The SMILES string of the molecule is C[C@@H](/C=C/OC(=O)c1ccccc1)[C@H](O)c1ccccc1. The molecule has 2 rings (SSSR count). The van der Waals surface area contributed by atoms with Crippen LogP contribution in [0.4, 0.5) is 0 Å². The van der Waals surface area contributed by atoms with Crippen molar-refractivity contribution in [2.45, 2.75) is 13.0 Å². The summed E-state index contributed by atoms with van der Waals surface area (Å²) in [5, 5.41) is 10.2. The van der Waals surface area contributed by atoms with Crippen LogP contribution in [-0.2, 0) is 4.74 Å². The fourth-order valence-corrected chi connectivity index (χ4v) is 1.93. The summed E-state index contributed by atoms with van der Waals surface area (Å²) in [5.41, 5.74) is 1.34. The number of aliphatic hydroxyl groups excluding tert-OH is 1. The van der Waals surface area contributed by atoms with Gasteiger partial charge in [0.2, 0.25) is 0 Å². The summed E-state index contributed by atoms with van der Waals surface area (Å²) in [5.74, 6) is -0.566. The van der Waals surface area contributed by atoms with Gasteiger partial charge in [-0.3, -0.25) is 0 Å². The van der Waals surface area contributed by atoms with Crippen molar-refractivity contribution in [2.24, 2.45) is 5.92 Å². The highest BCUT2D eigenvalue weighted by Gasteiger charge is 2.13. The van der Waals surface area contributed by atoms with Crippen molar-refractivity contribution >= 4 is 5.97 Å². The smallest absolute Gasteiger partial charge is 0.342 e. The van der Waals surface area contributed by atoms with Crippen LogP contribution >= 0.6 is 0 Å². The van der Waals surface area contributed by atoms with Crippen LogP contribution in [0.5, 0.6) is 0 Å². The number of hydrogen-bond donors (Lipinski definition) is 1. The molecule has 0 unspecified atom stereocenters. The Labute approximate surface area is 124 Å². The van der Waals surface area contributed by atoms with Crippen molar-refractivity contribution in [3.05, 3.63) is 84.1 Å². The van der Waals surface area contributed by atoms with E-state index in [0.29, 0.717) is 5.56 Å². The zero-order valence-electron chi connectivity index (χ0n) is 11.8. The average Bonchev–Trinajstić information content (AvgIpc) is 2.55. The number of ether oxygens (including phenoxy) is 1. The van der Waals surface area contributed by atoms with Gasteiger partial charge in [-0.05, 0) is 23.8 Å². The minimum absolute atomic E-state index is 0.157. The molecule has 2 atom stereocenters. The first-order valence-corrected chi connectivity index (χ1v) is 6.84. The zero-order chi connectivity index (χ0) is 15.1. The van der Waals surface area contributed by atoms with E-state index in [4.69, 9.17) is 4.74 Å². The second-order valence-corrected chi connectivity index (χ2v) is 4.81. The summed E-state index contributed by atoms with van der Waals surface area (Å²) < 4.78 is 5.05. The number of benzene rings is 2. The summed E-state index contributed by atoms with van der Waals surface area (Å²) in [6, 6.07) is 18.2. The fourth-order valence-electron chi connectivity index (χ4n) is 1.93. The van der Waals surface area contributed by atoms with Crippen LogP contribution in [0.15, 0.2) is 73.0 Å². The Balaban J connectivity index is 1.91. The summed E-state index contributed by atoms with van der Waals surface area (Å²) in [7, 11) is 0. The predicted octanol–water partition coefficient (Wildman–Crippen LogP) is 3.73. The monoisotopic (exact) mass is 282 g/mol. The van der Waals surface area contributed by atoms with Gasteiger partial charge in [0.15, 0.2) is 0 Å². The molecule has 2 aromatic carbocycles. The molecule has 0 radical (unpaired) electrons. The van der Waals surface area contributed by atoms with E-state index in [-0.39, 0.29) is 5.92 Å². The zero-order valence-corrected chi connectivity index (χ0v) is 11.8. The van der Waals surface area contributed by atoms with E-state index in [2.05, 4.69) is 0 Å². The molecule has 108 valence electrons. The molecule has 0 spiro atoms. The van der Waals surface area contributed by atoms with Gasteiger partial charge in [-0.15, -0.1) is 0 Å². The quantitative estimate of drug-likeness (QED) is 0.671. The lowest BCUT2D eigenvalue weighted by atomic mass is 9.98. The maximum atomic E-state index is 11.7. The molecule has 0 heterocycles. The molecule has 0 aliphatic heterocycles. The topological polar surface area (TPSA) is 46.5 Å². The molecule has 3 nitrogen and oxygen atoms in total. The standard InChI is InChI=1S/C18H18O3/c1-14(17(19)15-8-4-2-5-9-15)12-13-21-18(20)16-10-6-3-7-11-16/h2-14,17,19H,1H3/b13-12+/t14-,17-/m0/s1. The number of rotatable bonds is 5. The third-order valence-corrected chi connectivity index (χ3v) is 3.21. The number of aliphatic hydroxyl groups is 1. The second-order valence-electron chi connectivity index (χ2n) is 4.81. The van der Waals surface area contributed by atoms with E-state index in [1.54, 1.807) is 30.3 Å². The van der Waals surface area contributed by atoms with Crippen molar-refractivity contribution in [1.82, 2.24) is 0 Å². The number of carbonyl (C=O) groups is 1. The van der Waals surface area contributed by atoms with Crippen LogP contribution in [-0.4, -0.2) is 11.1 Å². The van der Waals surface area contributed by atoms with Crippen LogP contribution in [0.1, 0.15) is 28.9 Å². The number of esters is 1. The molecule has 0 bridgehead atoms. The van der Waals surface area contributed by atoms with E-state index >= 15 is 0 Å². The number of carbonyl (C=O) groups excluding carboxylic acids is 1. The Kier molecular flexibility index (Phi) is 5.29. The average molecular weight is 282 g/mol. The highest BCUT2D eigenvalue weighted by Crippen LogP contribution is 2.22. The van der Waals surface area contributed by atoms with Gasteiger partial charge in [0.05, 0.1) is 17.9 Å². The van der Waals surface area contributed by atoms with Crippen molar-refractivity contribution in [3.63, 3.8) is 0 Å². The van der Waals surface area contributed by atoms with Crippen LogP contribution in [0.2, 0.25) is 0 Å². The summed E-state index contributed by atoms with van der Waals surface area (Å²) in [6.45, 7) is 1.87. The highest BCUT2D eigenvalue weighted by molar-refractivity contribution is 5.89. The first-order chi connectivity index (χ1) is 10.2. The Morgan fingerprint density at radius 1 is 1.05 bits per heavy atom. The largest absolute Gasteiger partial charge is 0.431 e. The molecule has 3 heteroatoms. The molecule has 0 saturated carbocycles. The van der Waals surface area contributed by atoms with E-state index in [1.807, 2.05) is 43.3 Å².